The molecule has 2 N–H and O–H groups in total. The zero-order valence-corrected chi connectivity index (χ0v) is 13.1. The minimum Gasteiger partial charge on any atom is -0.386 e. The molecular formula is C16H16F3NO2S. The third-order valence-corrected chi connectivity index (χ3v) is 4.33. The first-order valence-corrected chi connectivity index (χ1v) is 7.90. The molecular weight excluding hydrogens is 327 g/mol. The number of amides is 1. The predicted octanol–water partition coefficient (Wildman–Crippen LogP) is 4.01. The lowest BCUT2D eigenvalue weighted by Gasteiger charge is -2.23. The van der Waals surface area contributed by atoms with Gasteiger partial charge in [0, 0.05) is 0 Å². The smallest absolute Gasteiger partial charge is 0.386 e. The zero-order chi connectivity index (χ0) is 17.0. The molecule has 3 nitrogen and oxygen atoms in total. The number of hydrogen-bond acceptors (Lipinski definition) is 3. The van der Waals surface area contributed by atoms with E-state index in [2.05, 4.69) is 5.32 Å². The maximum absolute atomic E-state index is 12.6. The number of benzene rings is 1. The van der Waals surface area contributed by atoms with Crippen LogP contribution in [0.4, 0.5) is 13.2 Å². The van der Waals surface area contributed by atoms with Crippen LogP contribution in [0.3, 0.4) is 0 Å². The van der Waals surface area contributed by atoms with Crippen molar-refractivity contribution in [1.29, 1.82) is 0 Å². The molecule has 2 atom stereocenters. The number of nitrogens with one attached hydrogen (secondary N) is 1. The van der Waals surface area contributed by atoms with Gasteiger partial charge in [0.2, 0.25) is 0 Å². The normalized spacial score (nSPS) is 14.3. The van der Waals surface area contributed by atoms with Gasteiger partial charge in [-0.2, -0.15) is 13.2 Å². The van der Waals surface area contributed by atoms with Gasteiger partial charge >= 0.3 is 6.18 Å². The molecule has 0 bridgehead atoms. The van der Waals surface area contributed by atoms with Gasteiger partial charge in [-0.1, -0.05) is 25.1 Å². The highest BCUT2D eigenvalue weighted by Gasteiger charge is 2.30. The molecule has 0 aliphatic carbocycles. The van der Waals surface area contributed by atoms with Crippen LogP contribution in [0.5, 0.6) is 0 Å². The van der Waals surface area contributed by atoms with Crippen LogP contribution in [0, 0.1) is 0 Å². The van der Waals surface area contributed by atoms with Gasteiger partial charge in [-0.15, -0.1) is 11.3 Å². The van der Waals surface area contributed by atoms with Crippen LogP contribution in [-0.4, -0.2) is 17.1 Å². The van der Waals surface area contributed by atoms with Crippen molar-refractivity contribution < 1.29 is 23.1 Å². The molecule has 0 saturated heterocycles. The van der Waals surface area contributed by atoms with Crippen molar-refractivity contribution in [1.82, 2.24) is 5.32 Å². The SMILES string of the molecule is CCC(NC(=O)c1cccs1)C(O)c1ccc(C(F)(F)F)cc1. The van der Waals surface area contributed by atoms with E-state index < -0.39 is 23.9 Å². The van der Waals surface area contributed by atoms with Gasteiger partial charge in [0.05, 0.1) is 22.6 Å². The van der Waals surface area contributed by atoms with Crippen molar-refractivity contribution in [2.45, 2.75) is 31.7 Å². The summed E-state index contributed by atoms with van der Waals surface area (Å²) in [4.78, 5) is 12.6. The Morgan fingerprint density at radius 2 is 1.91 bits per heavy atom. The quantitative estimate of drug-likeness (QED) is 0.862. The van der Waals surface area contributed by atoms with E-state index in [-0.39, 0.29) is 5.91 Å². The van der Waals surface area contributed by atoms with Crippen molar-refractivity contribution in [3.05, 3.63) is 57.8 Å². The van der Waals surface area contributed by atoms with E-state index in [0.717, 1.165) is 12.1 Å². The Morgan fingerprint density at radius 1 is 1.26 bits per heavy atom. The standard InChI is InChI=1S/C16H16F3NO2S/c1-2-12(20-15(22)13-4-3-9-23-13)14(21)10-5-7-11(8-6-10)16(17,18)19/h3-9,12,14,21H,2H2,1H3,(H,20,22). The Hall–Kier alpha value is -1.86. The van der Waals surface area contributed by atoms with Crippen LogP contribution < -0.4 is 5.32 Å². The van der Waals surface area contributed by atoms with Crippen molar-refractivity contribution in [2.24, 2.45) is 0 Å². The van der Waals surface area contributed by atoms with Crippen molar-refractivity contribution in [3.63, 3.8) is 0 Å². The van der Waals surface area contributed by atoms with Gasteiger partial charge in [0.15, 0.2) is 0 Å². The molecule has 0 aliphatic heterocycles. The molecule has 0 saturated carbocycles. The number of carbonyl (C=O) groups is 1. The largest absolute Gasteiger partial charge is 0.416 e. The Morgan fingerprint density at radius 3 is 2.39 bits per heavy atom. The number of carbonyl (C=O) groups excluding carboxylic acids is 1. The van der Waals surface area contributed by atoms with Gasteiger partial charge < -0.3 is 10.4 Å². The van der Waals surface area contributed by atoms with Crippen molar-refractivity contribution in [2.75, 3.05) is 0 Å². The van der Waals surface area contributed by atoms with Gasteiger partial charge in [0.1, 0.15) is 0 Å². The number of halogens is 3. The third-order valence-electron chi connectivity index (χ3n) is 3.46. The molecule has 23 heavy (non-hydrogen) atoms. The number of aliphatic hydroxyl groups is 1. The Labute approximate surface area is 135 Å². The van der Waals surface area contributed by atoms with E-state index in [0.29, 0.717) is 16.9 Å². The lowest BCUT2D eigenvalue weighted by molar-refractivity contribution is -0.137. The minimum atomic E-state index is -4.42. The maximum Gasteiger partial charge on any atom is 0.416 e. The monoisotopic (exact) mass is 343 g/mol. The molecule has 2 unspecified atom stereocenters. The van der Waals surface area contributed by atoms with Crippen LogP contribution in [-0.2, 0) is 6.18 Å². The molecule has 0 radical (unpaired) electrons. The average Bonchev–Trinajstić information content (AvgIpc) is 3.05. The number of thiophene rings is 1. The highest BCUT2D eigenvalue weighted by Crippen LogP contribution is 2.30. The second-order valence-electron chi connectivity index (χ2n) is 5.03. The molecule has 1 aromatic carbocycles. The molecule has 0 fully saturated rings. The number of alkyl halides is 3. The Bertz CT molecular complexity index is 638. The number of aliphatic hydroxyl groups excluding tert-OH is 1. The van der Waals surface area contributed by atoms with Crippen LogP contribution in [0.2, 0.25) is 0 Å². The van der Waals surface area contributed by atoms with Crippen LogP contribution >= 0.6 is 11.3 Å². The average molecular weight is 343 g/mol. The summed E-state index contributed by atoms with van der Waals surface area (Å²) in [6.45, 7) is 1.78. The summed E-state index contributed by atoms with van der Waals surface area (Å²) >= 11 is 1.28. The van der Waals surface area contributed by atoms with Crippen LogP contribution in [0.25, 0.3) is 0 Å². The Kier molecular flexibility index (Phi) is 5.43. The fourth-order valence-electron chi connectivity index (χ4n) is 2.15. The molecule has 0 spiro atoms. The van der Waals surface area contributed by atoms with Gasteiger partial charge in [-0.25, -0.2) is 0 Å². The molecule has 1 heterocycles. The molecule has 7 heteroatoms. The maximum atomic E-state index is 12.6. The van der Waals surface area contributed by atoms with E-state index in [4.69, 9.17) is 0 Å². The summed E-state index contributed by atoms with van der Waals surface area (Å²) < 4.78 is 37.7. The molecule has 2 rings (SSSR count). The fraction of sp³-hybridized carbons (Fsp3) is 0.312. The first-order chi connectivity index (χ1) is 10.8. The summed E-state index contributed by atoms with van der Waals surface area (Å²) in [6, 6.07) is 7.13. The third kappa shape index (κ3) is 4.33. The molecule has 2 aromatic rings. The number of hydrogen-bond donors (Lipinski definition) is 2. The van der Waals surface area contributed by atoms with Crippen LogP contribution in [0.1, 0.15) is 40.2 Å². The van der Waals surface area contributed by atoms with E-state index in [1.54, 1.807) is 24.4 Å². The summed E-state index contributed by atoms with van der Waals surface area (Å²) in [5, 5.41) is 14.8. The fourth-order valence-corrected chi connectivity index (χ4v) is 2.78. The Balaban J connectivity index is 2.10. The van der Waals surface area contributed by atoms with E-state index in [9.17, 15) is 23.1 Å². The topological polar surface area (TPSA) is 49.3 Å². The van der Waals surface area contributed by atoms with Crippen molar-refractivity contribution >= 4 is 17.2 Å². The molecule has 124 valence electrons. The second kappa shape index (κ2) is 7.14. The number of rotatable bonds is 5. The first kappa shape index (κ1) is 17.5. The highest BCUT2D eigenvalue weighted by molar-refractivity contribution is 7.12. The van der Waals surface area contributed by atoms with Gasteiger partial charge in [-0.3, -0.25) is 4.79 Å². The lowest BCUT2D eigenvalue weighted by Crippen LogP contribution is -2.38. The predicted molar refractivity (Wildman–Crippen MR) is 82.3 cm³/mol. The highest BCUT2D eigenvalue weighted by atomic mass is 32.1. The second-order valence-corrected chi connectivity index (χ2v) is 5.98. The zero-order valence-electron chi connectivity index (χ0n) is 12.3. The van der Waals surface area contributed by atoms with Crippen molar-refractivity contribution in [3.8, 4) is 0 Å². The van der Waals surface area contributed by atoms with E-state index in [1.807, 2.05) is 0 Å². The van der Waals surface area contributed by atoms with Gasteiger partial charge in [0.25, 0.3) is 5.91 Å². The summed E-state index contributed by atoms with van der Waals surface area (Å²) in [7, 11) is 0. The van der Waals surface area contributed by atoms with E-state index in [1.165, 1.54) is 23.5 Å². The first-order valence-electron chi connectivity index (χ1n) is 7.02. The van der Waals surface area contributed by atoms with E-state index >= 15 is 0 Å². The van der Waals surface area contributed by atoms with Crippen LogP contribution in [0.15, 0.2) is 41.8 Å². The lowest BCUT2D eigenvalue weighted by atomic mass is 9.99. The van der Waals surface area contributed by atoms with Gasteiger partial charge in [-0.05, 0) is 35.6 Å². The summed E-state index contributed by atoms with van der Waals surface area (Å²) in [5.74, 6) is -0.308. The molecule has 1 aromatic heterocycles. The molecule has 1 amide bonds. The molecule has 0 aliphatic rings. The minimum absolute atomic E-state index is 0.308. The summed E-state index contributed by atoms with van der Waals surface area (Å²) in [6.07, 6.45) is -5.05. The summed E-state index contributed by atoms with van der Waals surface area (Å²) in [5.41, 5.74) is -0.444.